The molecule has 0 saturated carbocycles. The van der Waals surface area contributed by atoms with Crippen LogP contribution in [0.4, 0.5) is 10.1 Å². The first-order chi connectivity index (χ1) is 20.6. The highest BCUT2D eigenvalue weighted by Crippen LogP contribution is 2.39. The third-order valence-electron chi connectivity index (χ3n) is 7.42. The van der Waals surface area contributed by atoms with Crippen LogP contribution in [0.15, 0.2) is 65.6 Å². The Morgan fingerprint density at radius 1 is 1.05 bits per heavy atom. The van der Waals surface area contributed by atoms with E-state index in [4.69, 9.17) is 16.3 Å². The number of nitrogens with zero attached hydrogens (tertiary/aromatic N) is 4. The van der Waals surface area contributed by atoms with E-state index in [9.17, 15) is 18.8 Å². The SMILES string of the molecule is COC(=O)C1(F)CN(Cc2ccc(-c3cccc(-c4cccc(NC(=O)c5ccnn(C)c5=O)c4C)c3Cl)nc2OC)C1. The highest BCUT2D eigenvalue weighted by Gasteiger charge is 2.51. The van der Waals surface area contributed by atoms with E-state index in [1.54, 1.807) is 17.0 Å². The van der Waals surface area contributed by atoms with E-state index in [-0.39, 0.29) is 18.7 Å². The average molecular weight is 606 g/mol. The number of anilines is 1. The molecule has 1 N–H and O–H groups in total. The summed E-state index contributed by atoms with van der Waals surface area (Å²) in [5, 5.41) is 7.13. The van der Waals surface area contributed by atoms with Crippen molar-refractivity contribution < 1.29 is 23.5 Å². The van der Waals surface area contributed by atoms with E-state index in [1.807, 2.05) is 43.3 Å². The number of esters is 1. The van der Waals surface area contributed by atoms with Crippen LogP contribution < -0.4 is 15.6 Å². The van der Waals surface area contributed by atoms with Crippen LogP contribution in [0.5, 0.6) is 5.88 Å². The van der Waals surface area contributed by atoms with Crippen LogP contribution in [0.25, 0.3) is 22.4 Å². The number of rotatable bonds is 8. The molecule has 1 fully saturated rings. The van der Waals surface area contributed by atoms with Gasteiger partial charge in [-0.25, -0.2) is 18.9 Å². The zero-order valence-electron chi connectivity index (χ0n) is 24.0. The number of methoxy groups -OCH3 is 2. The molecule has 0 radical (unpaired) electrons. The molecular formula is C31H29ClFN5O5. The maximum absolute atomic E-state index is 14.6. The Morgan fingerprint density at radius 3 is 2.47 bits per heavy atom. The van der Waals surface area contributed by atoms with Crippen molar-refractivity contribution >= 4 is 29.2 Å². The standard InChI is InChI=1S/C31H29ClFN5O5/c1-18-20(7-6-10-24(18)35-27(39)23-13-14-34-37(2)29(23)40)21-8-5-9-22(26(21)32)25-12-11-19(28(36-25)42-3)15-38-16-31(33,17-38)30(41)43-4/h5-14H,15-17H2,1-4H3,(H,35,39). The number of aromatic nitrogens is 3. The number of hydrogen-bond acceptors (Lipinski definition) is 8. The molecular weight excluding hydrogens is 577 g/mol. The van der Waals surface area contributed by atoms with Crippen LogP contribution in [0.3, 0.4) is 0 Å². The van der Waals surface area contributed by atoms with Gasteiger partial charge in [-0.15, -0.1) is 0 Å². The Morgan fingerprint density at radius 2 is 1.74 bits per heavy atom. The average Bonchev–Trinajstić information content (AvgIpc) is 2.98. The number of amides is 1. The van der Waals surface area contributed by atoms with E-state index in [0.717, 1.165) is 26.9 Å². The summed E-state index contributed by atoms with van der Waals surface area (Å²) in [7, 11) is 4.15. The van der Waals surface area contributed by atoms with Gasteiger partial charge in [0.1, 0.15) is 5.56 Å². The lowest BCUT2D eigenvalue weighted by atomic mass is 9.95. The van der Waals surface area contributed by atoms with Gasteiger partial charge in [0, 0.05) is 55.3 Å². The maximum Gasteiger partial charge on any atom is 0.346 e. The molecule has 12 heteroatoms. The van der Waals surface area contributed by atoms with Gasteiger partial charge in [0.05, 0.1) is 24.9 Å². The summed E-state index contributed by atoms with van der Waals surface area (Å²) in [6.07, 6.45) is 1.39. The lowest BCUT2D eigenvalue weighted by Crippen LogP contribution is -2.63. The molecule has 10 nitrogen and oxygen atoms in total. The molecule has 1 amide bonds. The highest BCUT2D eigenvalue weighted by molar-refractivity contribution is 6.36. The molecule has 3 heterocycles. The second-order valence-corrected chi connectivity index (χ2v) is 10.6. The number of halogens is 2. The van der Waals surface area contributed by atoms with E-state index in [0.29, 0.717) is 34.4 Å². The molecule has 43 heavy (non-hydrogen) atoms. The van der Waals surface area contributed by atoms with Crippen molar-refractivity contribution in [3.05, 3.63) is 92.9 Å². The predicted octanol–water partition coefficient (Wildman–Crippen LogP) is 4.43. The van der Waals surface area contributed by atoms with Crippen LogP contribution in [0.2, 0.25) is 5.02 Å². The quantitative estimate of drug-likeness (QED) is 0.293. The van der Waals surface area contributed by atoms with Crippen LogP contribution in [0.1, 0.15) is 21.5 Å². The van der Waals surface area contributed by atoms with Crippen molar-refractivity contribution in [2.75, 3.05) is 32.6 Å². The maximum atomic E-state index is 14.6. The van der Waals surface area contributed by atoms with Crippen LogP contribution >= 0.6 is 11.6 Å². The predicted molar refractivity (Wildman–Crippen MR) is 160 cm³/mol. The number of likely N-dealkylation sites (tertiary alicyclic amines) is 1. The molecule has 222 valence electrons. The number of pyridine rings is 1. The third-order valence-corrected chi connectivity index (χ3v) is 7.83. The summed E-state index contributed by atoms with van der Waals surface area (Å²) in [5.74, 6) is -1.06. The Bertz CT molecular complexity index is 1790. The molecule has 4 aromatic rings. The number of ether oxygens (including phenoxy) is 2. The fourth-order valence-corrected chi connectivity index (χ4v) is 5.44. The molecule has 0 aliphatic carbocycles. The fourth-order valence-electron chi connectivity index (χ4n) is 5.11. The van der Waals surface area contributed by atoms with Crippen molar-refractivity contribution in [1.82, 2.24) is 19.7 Å². The topological polar surface area (TPSA) is 116 Å². The Hall–Kier alpha value is -4.61. The van der Waals surface area contributed by atoms with Gasteiger partial charge in [-0.05, 0) is 36.2 Å². The number of aryl methyl sites for hydroxylation is 1. The first-order valence-electron chi connectivity index (χ1n) is 13.3. The number of carbonyl (C=O) groups is 2. The monoisotopic (exact) mass is 605 g/mol. The lowest BCUT2D eigenvalue weighted by molar-refractivity contribution is -0.168. The summed E-state index contributed by atoms with van der Waals surface area (Å²) in [6, 6.07) is 16.0. The summed E-state index contributed by atoms with van der Waals surface area (Å²) < 4.78 is 25.7. The van der Waals surface area contributed by atoms with Gasteiger partial charge < -0.3 is 14.8 Å². The number of carbonyl (C=O) groups excluding carboxylic acids is 2. The zero-order chi connectivity index (χ0) is 30.9. The molecule has 5 rings (SSSR count). The summed E-state index contributed by atoms with van der Waals surface area (Å²) in [4.78, 5) is 43.4. The van der Waals surface area contributed by atoms with Gasteiger partial charge in [-0.1, -0.05) is 48.0 Å². The number of alkyl halides is 1. The molecule has 0 unspecified atom stereocenters. The van der Waals surface area contributed by atoms with E-state index < -0.39 is 23.1 Å². The van der Waals surface area contributed by atoms with Gasteiger partial charge >= 0.3 is 5.97 Å². The second kappa shape index (κ2) is 11.9. The third kappa shape index (κ3) is 5.73. The molecule has 0 spiro atoms. The number of nitrogens with one attached hydrogen (secondary N) is 1. The van der Waals surface area contributed by atoms with Gasteiger partial charge in [0.15, 0.2) is 0 Å². The summed E-state index contributed by atoms with van der Waals surface area (Å²) in [5.41, 5.74) is 2.24. The van der Waals surface area contributed by atoms with Gasteiger partial charge in [0.25, 0.3) is 11.5 Å². The summed E-state index contributed by atoms with van der Waals surface area (Å²) in [6.45, 7) is 2.06. The van der Waals surface area contributed by atoms with Crippen LogP contribution in [0, 0.1) is 6.92 Å². The van der Waals surface area contributed by atoms with Crippen molar-refractivity contribution in [3.8, 4) is 28.3 Å². The lowest BCUT2D eigenvalue weighted by Gasteiger charge is -2.42. The summed E-state index contributed by atoms with van der Waals surface area (Å²) >= 11 is 6.96. The molecule has 0 atom stereocenters. The van der Waals surface area contributed by atoms with E-state index in [2.05, 4.69) is 20.1 Å². The molecule has 1 aliphatic heterocycles. The minimum absolute atomic E-state index is 0.0209. The fraction of sp³-hybridized carbons (Fsp3) is 0.258. The molecule has 0 bridgehead atoms. The molecule has 2 aromatic heterocycles. The van der Waals surface area contributed by atoms with E-state index >= 15 is 0 Å². The molecule has 2 aromatic carbocycles. The van der Waals surface area contributed by atoms with Crippen molar-refractivity contribution in [3.63, 3.8) is 0 Å². The highest BCUT2D eigenvalue weighted by atomic mass is 35.5. The first-order valence-corrected chi connectivity index (χ1v) is 13.7. The molecule has 1 saturated heterocycles. The largest absolute Gasteiger partial charge is 0.481 e. The van der Waals surface area contributed by atoms with Crippen LogP contribution in [-0.2, 0) is 23.1 Å². The van der Waals surface area contributed by atoms with Crippen LogP contribution in [-0.4, -0.2) is 64.5 Å². The first kappa shape index (κ1) is 29.9. The molecule has 1 aliphatic rings. The number of benzene rings is 2. The normalized spacial score (nSPS) is 14.1. The van der Waals surface area contributed by atoms with Gasteiger partial charge in [-0.2, -0.15) is 5.10 Å². The second-order valence-electron chi connectivity index (χ2n) is 10.2. The minimum atomic E-state index is -2.00. The zero-order valence-corrected chi connectivity index (χ0v) is 24.7. The van der Waals surface area contributed by atoms with Gasteiger partial charge in [-0.3, -0.25) is 14.5 Å². The minimum Gasteiger partial charge on any atom is -0.481 e. The van der Waals surface area contributed by atoms with Crippen molar-refractivity contribution in [1.29, 1.82) is 0 Å². The van der Waals surface area contributed by atoms with Gasteiger partial charge in [0.2, 0.25) is 11.5 Å². The van der Waals surface area contributed by atoms with E-state index in [1.165, 1.54) is 33.5 Å². The Labute approximate surface area is 252 Å². The Balaban J connectivity index is 1.40. The number of hydrogen-bond donors (Lipinski definition) is 1. The van der Waals surface area contributed by atoms with Crippen molar-refractivity contribution in [2.24, 2.45) is 7.05 Å². The smallest absolute Gasteiger partial charge is 0.346 e. The van der Waals surface area contributed by atoms with Crippen molar-refractivity contribution in [2.45, 2.75) is 19.1 Å². The Kier molecular flexibility index (Phi) is 8.30.